The molecule has 1 aliphatic rings. The summed E-state index contributed by atoms with van der Waals surface area (Å²) in [6.07, 6.45) is 4.81. The minimum atomic E-state index is -0.512. The summed E-state index contributed by atoms with van der Waals surface area (Å²) in [5, 5.41) is 11.9. The maximum absolute atomic E-state index is 13.6. The van der Waals surface area contributed by atoms with Crippen LogP contribution in [-0.4, -0.2) is 35.5 Å². The molecule has 1 saturated heterocycles. The number of nitrogens with zero attached hydrogens (tertiary/aromatic N) is 4. The number of aromatic nitrogens is 2. The minimum Gasteiger partial charge on any atom is -0.354 e. The van der Waals surface area contributed by atoms with Crippen molar-refractivity contribution in [3.8, 4) is 6.07 Å². The lowest BCUT2D eigenvalue weighted by molar-refractivity contribution is 0.0941. The molecular weight excluding hydrogens is 321 g/mol. The second kappa shape index (κ2) is 7.71. The number of anilines is 1. The average molecular weight is 339 g/mol. The van der Waals surface area contributed by atoms with Crippen LogP contribution in [0.25, 0.3) is 0 Å². The predicted octanol–water partition coefficient (Wildman–Crippen LogP) is 2.13. The zero-order valence-corrected chi connectivity index (χ0v) is 13.7. The first-order chi connectivity index (χ1) is 12.2. The lowest BCUT2D eigenvalue weighted by Crippen LogP contribution is -2.39. The SMILES string of the molecule is N#Cc1nccnc1N1CCC(CNC(=O)c2ccccc2F)CC1. The summed E-state index contributed by atoms with van der Waals surface area (Å²) in [5.74, 6) is 0.0238. The first kappa shape index (κ1) is 16.8. The Hall–Kier alpha value is -3.01. The number of nitrogens with one attached hydrogen (secondary N) is 1. The Bertz CT molecular complexity index is 796. The van der Waals surface area contributed by atoms with E-state index in [-0.39, 0.29) is 11.5 Å². The Kier molecular flexibility index (Phi) is 5.19. The summed E-state index contributed by atoms with van der Waals surface area (Å²) >= 11 is 0. The fraction of sp³-hybridized carbons (Fsp3) is 0.333. The van der Waals surface area contributed by atoms with E-state index in [9.17, 15) is 9.18 Å². The third-order valence-corrected chi connectivity index (χ3v) is 4.37. The fourth-order valence-electron chi connectivity index (χ4n) is 2.97. The molecule has 0 unspecified atom stereocenters. The molecule has 0 radical (unpaired) electrons. The Morgan fingerprint density at radius 2 is 2.00 bits per heavy atom. The molecule has 3 rings (SSSR count). The van der Waals surface area contributed by atoms with Crippen LogP contribution in [0.4, 0.5) is 10.2 Å². The summed E-state index contributed by atoms with van der Waals surface area (Å²) < 4.78 is 13.6. The number of piperidine rings is 1. The van der Waals surface area contributed by atoms with E-state index in [0.29, 0.717) is 24.0 Å². The molecule has 1 aromatic carbocycles. The van der Waals surface area contributed by atoms with Gasteiger partial charge in [0.2, 0.25) is 0 Å². The van der Waals surface area contributed by atoms with Gasteiger partial charge in [-0.05, 0) is 30.9 Å². The van der Waals surface area contributed by atoms with Crippen molar-refractivity contribution in [2.75, 3.05) is 24.5 Å². The average Bonchev–Trinajstić information content (AvgIpc) is 2.67. The third kappa shape index (κ3) is 3.91. The van der Waals surface area contributed by atoms with Crippen LogP contribution in [0.1, 0.15) is 28.9 Å². The van der Waals surface area contributed by atoms with E-state index in [2.05, 4.69) is 21.4 Å². The molecule has 2 heterocycles. The summed E-state index contributed by atoms with van der Waals surface area (Å²) in [7, 11) is 0. The second-order valence-electron chi connectivity index (χ2n) is 5.96. The molecule has 7 heteroatoms. The highest BCUT2D eigenvalue weighted by atomic mass is 19.1. The first-order valence-electron chi connectivity index (χ1n) is 8.18. The Morgan fingerprint density at radius 1 is 1.28 bits per heavy atom. The van der Waals surface area contributed by atoms with E-state index >= 15 is 0 Å². The van der Waals surface area contributed by atoms with E-state index in [1.54, 1.807) is 18.3 Å². The van der Waals surface area contributed by atoms with Gasteiger partial charge >= 0.3 is 0 Å². The molecule has 128 valence electrons. The van der Waals surface area contributed by atoms with Crippen LogP contribution >= 0.6 is 0 Å². The summed E-state index contributed by atoms with van der Waals surface area (Å²) in [4.78, 5) is 22.4. The number of hydrogen-bond donors (Lipinski definition) is 1. The van der Waals surface area contributed by atoms with Gasteiger partial charge in [0.05, 0.1) is 5.56 Å². The molecule has 1 aliphatic heterocycles. The highest BCUT2D eigenvalue weighted by Crippen LogP contribution is 2.23. The largest absolute Gasteiger partial charge is 0.354 e. The van der Waals surface area contributed by atoms with E-state index in [1.807, 2.05) is 4.90 Å². The van der Waals surface area contributed by atoms with Crippen LogP contribution in [0.15, 0.2) is 36.7 Å². The molecule has 1 aromatic heterocycles. The van der Waals surface area contributed by atoms with Crippen molar-refractivity contribution in [3.63, 3.8) is 0 Å². The molecule has 0 spiro atoms. The van der Waals surface area contributed by atoms with Gasteiger partial charge in [-0.2, -0.15) is 5.26 Å². The molecule has 1 N–H and O–H groups in total. The van der Waals surface area contributed by atoms with E-state index in [0.717, 1.165) is 25.9 Å². The van der Waals surface area contributed by atoms with E-state index < -0.39 is 5.82 Å². The van der Waals surface area contributed by atoms with Crippen molar-refractivity contribution in [1.82, 2.24) is 15.3 Å². The van der Waals surface area contributed by atoms with Crippen LogP contribution in [0.3, 0.4) is 0 Å². The Labute approximate surface area is 145 Å². The first-order valence-corrected chi connectivity index (χ1v) is 8.18. The van der Waals surface area contributed by atoms with E-state index in [4.69, 9.17) is 5.26 Å². The van der Waals surface area contributed by atoms with Gasteiger partial charge in [0.15, 0.2) is 11.5 Å². The monoisotopic (exact) mass is 339 g/mol. The van der Waals surface area contributed by atoms with Gasteiger partial charge in [0.1, 0.15) is 11.9 Å². The molecule has 25 heavy (non-hydrogen) atoms. The molecule has 0 aliphatic carbocycles. The van der Waals surface area contributed by atoms with Gasteiger partial charge in [-0.15, -0.1) is 0 Å². The van der Waals surface area contributed by atoms with Gasteiger partial charge in [-0.25, -0.2) is 14.4 Å². The summed E-state index contributed by atoms with van der Waals surface area (Å²) in [6.45, 7) is 1.99. The number of hydrogen-bond acceptors (Lipinski definition) is 5. The zero-order chi connectivity index (χ0) is 17.6. The lowest BCUT2D eigenvalue weighted by Gasteiger charge is -2.32. The lowest BCUT2D eigenvalue weighted by atomic mass is 9.96. The summed E-state index contributed by atoms with van der Waals surface area (Å²) in [5.41, 5.74) is 0.395. The number of nitriles is 1. The quantitative estimate of drug-likeness (QED) is 0.923. The van der Waals surface area contributed by atoms with Crippen LogP contribution in [-0.2, 0) is 0 Å². The number of rotatable bonds is 4. The smallest absolute Gasteiger partial charge is 0.254 e. The van der Waals surface area contributed by atoms with Gasteiger partial charge in [0.25, 0.3) is 5.91 Å². The maximum atomic E-state index is 13.6. The molecule has 6 nitrogen and oxygen atoms in total. The van der Waals surface area contributed by atoms with E-state index in [1.165, 1.54) is 18.3 Å². The standard InChI is InChI=1S/C18H18FN5O/c19-15-4-2-1-3-14(15)18(25)23-12-13-5-9-24(10-6-13)17-16(11-20)21-7-8-22-17/h1-4,7-8,13H,5-6,9-10,12H2,(H,23,25). The topological polar surface area (TPSA) is 81.9 Å². The minimum absolute atomic E-state index is 0.0677. The van der Waals surface area contributed by atoms with Gasteiger partial charge < -0.3 is 10.2 Å². The maximum Gasteiger partial charge on any atom is 0.254 e. The number of benzene rings is 1. The van der Waals surface area contributed by atoms with Gasteiger partial charge in [-0.1, -0.05) is 12.1 Å². The fourth-order valence-corrected chi connectivity index (χ4v) is 2.97. The second-order valence-corrected chi connectivity index (χ2v) is 5.96. The molecule has 2 aromatic rings. The van der Waals surface area contributed by atoms with Crippen LogP contribution in [0.2, 0.25) is 0 Å². The molecule has 1 fully saturated rings. The molecular formula is C18H18FN5O. The van der Waals surface area contributed by atoms with Crippen molar-refractivity contribution in [2.45, 2.75) is 12.8 Å². The van der Waals surface area contributed by atoms with Crippen molar-refractivity contribution >= 4 is 11.7 Å². The van der Waals surface area contributed by atoms with Crippen molar-refractivity contribution in [1.29, 1.82) is 5.26 Å². The molecule has 0 bridgehead atoms. The Balaban J connectivity index is 1.52. The third-order valence-electron chi connectivity index (χ3n) is 4.37. The Morgan fingerprint density at radius 3 is 2.72 bits per heavy atom. The van der Waals surface area contributed by atoms with Crippen LogP contribution in [0, 0.1) is 23.1 Å². The number of carbonyl (C=O) groups excluding carboxylic acids is 1. The predicted molar refractivity (Wildman–Crippen MR) is 90.4 cm³/mol. The van der Waals surface area contributed by atoms with Crippen molar-refractivity contribution < 1.29 is 9.18 Å². The number of carbonyl (C=O) groups is 1. The molecule has 1 amide bonds. The van der Waals surface area contributed by atoms with Crippen LogP contribution < -0.4 is 10.2 Å². The highest BCUT2D eigenvalue weighted by Gasteiger charge is 2.23. The molecule has 0 atom stereocenters. The number of halogens is 1. The van der Waals surface area contributed by atoms with Crippen molar-refractivity contribution in [3.05, 3.63) is 53.7 Å². The molecule has 0 saturated carbocycles. The van der Waals surface area contributed by atoms with Crippen molar-refractivity contribution in [2.24, 2.45) is 5.92 Å². The zero-order valence-electron chi connectivity index (χ0n) is 13.7. The van der Waals surface area contributed by atoms with Gasteiger partial charge in [0, 0.05) is 32.0 Å². The van der Waals surface area contributed by atoms with Crippen LogP contribution in [0.5, 0.6) is 0 Å². The number of amides is 1. The van der Waals surface area contributed by atoms with Gasteiger partial charge in [-0.3, -0.25) is 4.79 Å². The summed E-state index contributed by atoms with van der Waals surface area (Å²) in [6, 6.07) is 8.02. The highest BCUT2D eigenvalue weighted by molar-refractivity contribution is 5.94. The normalized spacial score (nSPS) is 14.8.